The van der Waals surface area contributed by atoms with Gasteiger partial charge in [0, 0.05) is 24.2 Å². The summed E-state index contributed by atoms with van der Waals surface area (Å²) in [4.78, 5) is 11.4. The molecule has 0 fully saturated rings. The Bertz CT molecular complexity index is 622. The Labute approximate surface area is 127 Å². The van der Waals surface area contributed by atoms with E-state index in [1.54, 1.807) is 0 Å². The lowest BCUT2D eigenvalue weighted by atomic mass is 10.1. The molecule has 2 rings (SSSR count). The number of rotatable bonds is 5. The minimum absolute atomic E-state index is 0.579. The van der Waals surface area contributed by atoms with Crippen LogP contribution in [-0.2, 0) is 6.42 Å². The van der Waals surface area contributed by atoms with Gasteiger partial charge in [-0.2, -0.15) is 0 Å². The molecule has 0 aliphatic rings. The fourth-order valence-electron chi connectivity index (χ4n) is 2.47. The maximum atomic E-state index is 6.08. The Balaban J connectivity index is 2.54. The van der Waals surface area contributed by atoms with Crippen molar-refractivity contribution in [3.8, 4) is 0 Å². The van der Waals surface area contributed by atoms with Gasteiger partial charge < -0.3 is 10.6 Å². The van der Waals surface area contributed by atoms with E-state index in [1.807, 2.05) is 6.92 Å². The van der Waals surface area contributed by atoms with E-state index in [2.05, 4.69) is 54.9 Å². The molecule has 0 spiro atoms. The largest absolute Gasteiger partial charge is 0.383 e. The molecule has 0 atom stereocenters. The number of aryl methyl sites for hydroxylation is 2. The molecular formula is C17H24N4. The first-order chi connectivity index (χ1) is 10.1. The molecule has 1 heterocycles. The smallest absolute Gasteiger partial charge is 0.141 e. The number of hydrogen-bond donors (Lipinski definition) is 1. The molecule has 0 saturated carbocycles. The predicted octanol–water partition coefficient (Wildman–Crippen LogP) is 3.79. The van der Waals surface area contributed by atoms with Gasteiger partial charge in [-0.3, -0.25) is 0 Å². The van der Waals surface area contributed by atoms with E-state index in [4.69, 9.17) is 10.7 Å². The summed E-state index contributed by atoms with van der Waals surface area (Å²) in [5, 5.41) is 0. The summed E-state index contributed by atoms with van der Waals surface area (Å²) in [5.41, 5.74) is 9.43. The van der Waals surface area contributed by atoms with Crippen molar-refractivity contribution in [2.75, 3.05) is 17.2 Å². The van der Waals surface area contributed by atoms with E-state index in [-0.39, 0.29) is 0 Å². The molecule has 0 aliphatic carbocycles. The van der Waals surface area contributed by atoms with Crippen molar-refractivity contribution in [2.45, 2.75) is 40.5 Å². The highest BCUT2D eigenvalue weighted by Crippen LogP contribution is 2.30. The van der Waals surface area contributed by atoms with Gasteiger partial charge in [-0.15, -0.1) is 0 Å². The lowest BCUT2D eigenvalue weighted by Gasteiger charge is -2.26. The van der Waals surface area contributed by atoms with Crippen LogP contribution in [0.3, 0.4) is 0 Å². The van der Waals surface area contributed by atoms with Gasteiger partial charge in [0.2, 0.25) is 0 Å². The second-order valence-electron chi connectivity index (χ2n) is 5.25. The standard InChI is InChI=1S/C17H24N4/c1-5-9-15-19-16(18)13(4)17(20-15)21(6-2)14-11-8-7-10-12(14)3/h7-8,10-11H,5-6,9H2,1-4H3,(H2,18,19,20). The number of nitrogen functional groups attached to an aromatic ring is 1. The third-order valence-corrected chi connectivity index (χ3v) is 3.66. The zero-order valence-corrected chi connectivity index (χ0v) is 13.3. The van der Waals surface area contributed by atoms with Crippen LogP contribution < -0.4 is 10.6 Å². The fourth-order valence-corrected chi connectivity index (χ4v) is 2.47. The van der Waals surface area contributed by atoms with Gasteiger partial charge in [0.1, 0.15) is 17.5 Å². The summed E-state index contributed by atoms with van der Waals surface area (Å²) in [7, 11) is 0. The van der Waals surface area contributed by atoms with Gasteiger partial charge in [0.05, 0.1) is 0 Å². The first-order valence-corrected chi connectivity index (χ1v) is 7.54. The highest BCUT2D eigenvalue weighted by atomic mass is 15.2. The minimum atomic E-state index is 0.579. The summed E-state index contributed by atoms with van der Waals surface area (Å²) in [6, 6.07) is 8.34. The molecule has 4 heteroatoms. The van der Waals surface area contributed by atoms with Crippen LogP contribution in [0.2, 0.25) is 0 Å². The van der Waals surface area contributed by atoms with Crippen molar-refractivity contribution >= 4 is 17.3 Å². The average Bonchev–Trinajstić information content (AvgIpc) is 2.47. The van der Waals surface area contributed by atoms with E-state index >= 15 is 0 Å². The van der Waals surface area contributed by atoms with Crippen LogP contribution in [0.25, 0.3) is 0 Å². The molecule has 21 heavy (non-hydrogen) atoms. The van der Waals surface area contributed by atoms with Crippen LogP contribution in [-0.4, -0.2) is 16.5 Å². The first-order valence-electron chi connectivity index (χ1n) is 7.54. The topological polar surface area (TPSA) is 55.0 Å². The molecule has 4 nitrogen and oxygen atoms in total. The molecule has 0 saturated heterocycles. The first kappa shape index (κ1) is 15.3. The maximum Gasteiger partial charge on any atom is 0.141 e. The van der Waals surface area contributed by atoms with Gasteiger partial charge in [-0.05, 0) is 38.8 Å². The van der Waals surface area contributed by atoms with Crippen molar-refractivity contribution in [3.05, 3.63) is 41.2 Å². The second-order valence-corrected chi connectivity index (χ2v) is 5.25. The van der Waals surface area contributed by atoms with Gasteiger partial charge in [-0.1, -0.05) is 25.1 Å². The summed E-state index contributed by atoms with van der Waals surface area (Å²) in [5.74, 6) is 2.32. The van der Waals surface area contributed by atoms with Crippen LogP contribution >= 0.6 is 0 Å². The summed E-state index contributed by atoms with van der Waals surface area (Å²) >= 11 is 0. The Hall–Kier alpha value is -2.10. The van der Waals surface area contributed by atoms with E-state index in [1.165, 1.54) is 11.3 Å². The molecule has 2 aromatic rings. The van der Waals surface area contributed by atoms with E-state index < -0.39 is 0 Å². The Morgan fingerprint density at radius 3 is 2.43 bits per heavy atom. The lowest BCUT2D eigenvalue weighted by molar-refractivity contribution is 0.823. The third kappa shape index (κ3) is 3.15. The molecule has 0 amide bonds. The molecule has 112 valence electrons. The quantitative estimate of drug-likeness (QED) is 0.907. The van der Waals surface area contributed by atoms with Gasteiger partial charge in [-0.25, -0.2) is 9.97 Å². The van der Waals surface area contributed by atoms with Crippen molar-refractivity contribution in [3.63, 3.8) is 0 Å². The fraction of sp³-hybridized carbons (Fsp3) is 0.412. The van der Waals surface area contributed by atoms with Crippen LogP contribution in [0, 0.1) is 13.8 Å². The van der Waals surface area contributed by atoms with E-state index in [0.717, 1.165) is 36.6 Å². The number of anilines is 3. The minimum Gasteiger partial charge on any atom is -0.383 e. The van der Waals surface area contributed by atoms with Crippen molar-refractivity contribution in [1.29, 1.82) is 0 Å². The van der Waals surface area contributed by atoms with Crippen LogP contribution in [0.5, 0.6) is 0 Å². The van der Waals surface area contributed by atoms with E-state index in [0.29, 0.717) is 5.82 Å². The summed E-state index contributed by atoms with van der Waals surface area (Å²) in [6.07, 6.45) is 1.86. The van der Waals surface area contributed by atoms with Gasteiger partial charge in [0.25, 0.3) is 0 Å². The molecule has 0 aliphatic heterocycles. The monoisotopic (exact) mass is 284 g/mol. The molecule has 0 unspecified atom stereocenters. The van der Waals surface area contributed by atoms with E-state index in [9.17, 15) is 0 Å². The van der Waals surface area contributed by atoms with Gasteiger partial charge >= 0.3 is 0 Å². The van der Waals surface area contributed by atoms with Crippen LogP contribution in [0.15, 0.2) is 24.3 Å². The Morgan fingerprint density at radius 1 is 1.10 bits per heavy atom. The zero-order valence-electron chi connectivity index (χ0n) is 13.3. The Kier molecular flexibility index (Phi) is 4.78. The normalized spacial score (nSPS) is 10.7. The molecule has 2 N–H and O–H groups in total. The highest BCUT2D eigenvalue weighted by molar-refractivity contribution is 5.68. The highest BCUT2D eigenvalue weighted by Gasteiger charge is 2.16. The summed E-state index contributed by atoms with van der Waals surface area (Å²) in [6.45, 7) is 9.20. The molecule has 1 aromatic heterocycles. The summed E-state index contributed by atoms with van der Waals surface area (Å²) < 4.78 is 0. The number of benzene rings is 1. The number of para-hydroxylation sites is 1. The molecular weight excluding hydrogens is 260 g/mol. The number of hydrogen-bond acceptors (Lipinski definition) is 4. The maximum absolute atomic E-state index is 6.08. The molecule has 1 aromatic carbocycles. The number of nitrogens with zero attached hydrogens (tertiary/aromatic N) is 3. The number of nitrogens with two attached hydrogens (primary N) is 1. The van der Waals surface area contributed by atoms with Crippen LogP contribution in [0.1, 0.15) is 37.2 Å². The predicted molar refractivity (Wildman–Crippen MR) is 89.0 cm³/mol. The van der Waals surface area contributed by atoms with Crippen LogP contribution in [0.4, 0.5) is 17.3 Å². The number of aromatic nitrogens is 2. The lowest BCUT2D eigenvalue weighted by Crippen LogP contribution is -2.21. The van der Waals surface area contributed by atoms with Crippen molar-refractivity contribution in [2.24, 2.45) is 0 Å². The SMILES string of the molecule is CCCc1nc(N)c(C)c(N(CC)c2ccccc2C)n1. The van der Waals surface area contributed by atoms with Crippen molar-refractivity contribution < 1.29 is 0 Å². The third-order valence-electron chi connectivity index (χ3n) is 3.66. The average molecular weight is 284 g/mol. The van der Waals surface area contributed by atoms with Gasteiger partial charge in [0.15, 0.2) is 0 Å². The Morgan fingerprint density at radius 2 is 1.81 bits per heavy atom. The second kappa shape index (κ2) is 6.57. The van der Waals surface area contributed by atoms with Crippen molar-refractivity contribution in [1.82, 2.24) is 9.97 Å². The molecule has 0 bridgehead atoms. The molecule has 0 radical (unpaired) electrons. The zero-order chi connectivity index (χ0) is 15.4.